The number of nitriles is 1. The Labute approximate surface area is 764 Å². The summed E-state index contributed by atoms with van der Waals surface area (Å²) in [6.07, 6.45) is 20.6. The van der Waals surface area contributed by atoms with E-state index in [-0.39, 0.29) is 52.7 Å². The molecule has 0 unspecified atom stereocenters. The Bertz CT molecular complexity index is 6480. The van der Waals surface area contributed by atoms with Gasteiger partial charge in [-0.2, -0.15) is 54.2 Å². The van der Waals surface area contributed by atoms with Crippen LogP contribution in [0.1, 0.15) is 146 Å². The van der Waals surface area contributed by atoms with Crippen LogP contribution in [-0.4, -0.2) is 155 Å². The van der Waals surface area contributed by atoms with Crippen molar-refractivity contribution in [2.24, 2.45) is 0 Å². The van der Waals surface area contributed by atoms with Crippen molar-refractivity contribution < 1.29 is 82.0 Å². The molecule has 37 heteroatoms. The molecule has 32 nitrogen and oxygen atoms in total. The second kappa shape index (κ2) is 46.8. The van der Waals surface area contributed by atoms with E-state index in [1.165, 1.54) is 139 Å². The number of halogens is 5. The van der Waals surface area contributed by atoms with Crippen molar-refractivity contribution in [1.82, 2.24) is 78.7 Å². The maximum Gasteiger partial charge on any atom is 0.335 e. The minimum absolute atomic E-state index is 0.0286. The zero-order chi connectivity index (χ0) is 93.6. The molecular formula is C94H86Cl3F2N17O15. The minimum Gasteiger partial charge on any atom is -0.478 e. The number of aryl methyl sites for hydroxylation is 4. The predicted molar refractivity (Wildman–Crippen MR) is 479 cm³/mol. The number of ether oxygens (including phenoxy) is 5. The van der Waals surface area contributed by atoms with Gasteiger partial charge in [0.25, 0.3) is 0 Å². The standard InChI is InChI=1S/C20H21ClN4O3.C20H20FN3O3.C19H18ClN3O3.C18H14N4O3.C17H13ClFN3O3/c1-24(2)10-8-16-12-23-25(18-11-15(20(26)27)7-9-22-18)19(16)28-13-14-3-5-17(21)6-4-14;1-2-3-4-16-12-23-24(18-11-15(20(25)26)9-10-22-18)19(16)27-13-14-5-7-17(21)8-6-14;1-2-3-15-11-22-23(17-10-14(19(24)25)8-9-21-17)18(15)26-12-13-4-6-16(20)7-5-13;1-12-8-13(10-19)2-3-15(12)11-25-17-5-7-21-22(17)16-9-14(18(23)24)4-6-20-16;1-10-6-12(18)8-14(19)13(10)9-25-16-3-5-21-22(16)15-7-11(17(23)24)2-4-20-15/h3-7,9,11-12H,8,10,13H2,1-2H3,(H,26,27);5-12H,2-4,13H2,1H3,(H,25,26);4-11H,2-3,12H2,1H3,(H,24,25);2-9H,11H2,1H3,(H,23,24);2-8H,9H2,1H3,(H,23,24). The molecule has 15 rings (SSSR count). The lowest BCUT2D eigenvalue weighted by Gasteiger charge is -2.13. The average molecular weight is 1840 g/mol. The third-order valence-electron chi connectivity index (χ3n) is 19.3. The number of carbonyl (C=O) groups is 5. The van der Waals surface area contributed by atoms with Crippen LogP contribution in [0.15, 0.2) is 238 Å². The highest BCUT2D eigenvalue weighted by atomic mass is 35.5. The Kier molecular flexibility index (Phi) is 34.3. The molecule has 10 aromatic heterocycles. The SMILES string of the molecule is CCCCc1cnn(-c2cc(C(=O)O)ccn2)c1OCc1ccc(F)cc1.CCCc1cnn(-c2cc(C(=O)O)ccn2)c1OCc1ccc(Cl)cc1.CN(C)CCc1cnn(-c2cc(C(=O)O)ccn2)c1OCc1ccc(Cl)cc1.Cc1cc(C#N)ccc1COc1ccnn1-c1cc(C(=O)O)ccn1.Cc1cc(Cl)cc(F)c1COc1ccnn1-c1cc(C(=O)O)ccn1. The van der Waals surface area contributed by atoms with Gasteiger partial charge >= 0.3 is 29.8 Å². The molecular weight excluding hydrogens is 1750 g/mol. The summed E-state index contributed by atoms with van der Waals surface area (Å²) in [5.41, 5.74) is 9.68. The molecule has 0 atom stereocenters. The first-order valence-corrected chi connectivity index (χ1v) is 41.5. The highest BCUT2D eigenvalue weighted by Crippen LogP contribution is 2.31. The molecule has 5 aromatic carbocycles. The maximum absolute atomic E-state index is 14.0. The number of carboxylic acid groups (broad SMARTS) is 5. The van der Waals surface area contributed by atoms with Crippen LogP contribution in [0.5, 0.6) is 29.4 Å². The summed E-state index contributed by atoms with van der Waals surface area (Å²) < 4.78 is 64.0. The number of rotatable bonds is 33. The van der Waals surface area contributed by atoms with Crippen molar-refractivity contribution >= 4 is 64.6 Å². The topological polar surface area (TPSA) is 413 Å². The Balaban J connectivity index is 0.000000158. The fourth-order valence-electron chi connectivity index (χ4n) is 12.4. The number of hydrogen-bond donors (Lipinski definition) is 5. The third kappa shape index (κ3) is 27.0. The van der Waals surface area contributed by atoms with Gasteiger partial charge in [-0.3, -0.25) is 0 Å². The lowest BCUT2D eigenvalue weighted by molar-refractivity contribution is 0.0686. The first-order valence-electron chi connectivity index (χ1n) is 40.4. The second-order valence-corrected chi connectivity index (χ2v) is 30.3. The molecule has 10 heterocycles. The van der Waals surface area contributed by atoms with Gasteiger partial charge < -0.3 is 54.1 Å². The number of carboxylic acids is 5. The van der Waals surface area contributed by atoms with Crippen LogP contribution in [0.2, 0.25) is 15.1 Å². The molecule has 131 heavy (non-hydrogen) atoms. The highest BCUT2D eigenvalue weighted by Gasteiger charge is 2.23. The van der Waals surface area contributed by atoms with E-state index in [2.05, 4.69) is 75.2 Å². The predicted octanol–water partition coefficient (Wildman–Crippen LogP) is 17.8. The van der Waals surface area contributed by atoms with Crippen molar-refractivity contribution in [3.05, 3.63) is 354 Å². The van der Waals surface area contributed by atoms with E-state index in [4.69, 9.17) is 74.0 Å². The Morgan fingerprint density at radius 3 is 1.12 bits per heavy atom. The van der Waals surface area contributed by atoms with Crippen molar-refractivity contribution in [3.8, 4) is 64.6 Å². The van der Waals surface area contributed by atoms with E-state index in [1.807, 2.05) is 75.6 Å². The summed E-state index contributed by atoms with van der Waals surface area (Å²) in [7, 11) is 3.99. The van der Waals surface area contributed by atoms with Crippen LogP contribution >= 0.6 is 34.8 Å². The number of aromatic nitrogens is 15. The van der Waals surface area contributed by atoms with Gasteiger partial charge in [0.1, 0.15) is 44.7 Å². The van der Waals surface area contributed by atoms with Crippen LogP contribution < -0.4 is 23.7 Å². The van der Waals surface area contributed by atoms with Gasteiger partial charge in [0.15, 0.2) is 29.1 Å². The van der Waals surface area contributed by atoms with Crippen molar-refractivity contribution in [1.29, 1.82) is 5.26 Å². The van der Waals surface area contributed by atoms with Crippen LogP contribution in [0.3, 0.4) is 0 Å². The number of nitrogens with zero attached hydrogens (tertiary/aromatic N) is 17. The lowest BCUT2D eigenvalue weighted by atomic mass is 10.1. The molecule has 0 spiro atoms. The summed E-state index contributed by atoms with van der Waals surface area (Å²) in [6, 6.07) is 48.8. The van der Waals surface area contributed by atoms with Crippen molar-refractivity contribution in [2.45, 2.75) is 99.3 Å². The molecule has 0 bridgehead atoms. The fourth-order valence-corrected chi connectivity index (χ4v) is 12.9. The molecule has 0 aliphatic rings. The Morgan fingerprint density at radius 2 is 0.763 bits per heavy atom. The molecule has 15 aromatic rings. The number of pyridine rings is 5. The van der Waals surface area contributed by atoms with Gasteiger partial charge in [0, 0.05) is 87.0 Å². The number of likely N-dealkylation sites (N-methyl/N-ethyl adjacent to an activating group) is 1. The lowest BCUT2D eigenvalue weighted by Crippen LogP contribution is -2.15. The van der Waals surface area contributed by atoms with Gasteiger partial charge in [-0.05, 0) is 208 Å². The molecule has 0 fully saturated rings. The first kappa shape index (κ1) is 96.1. The zero-order valence-electron chi connectivity index (χ0n) is 71.3. The molecule has 0 amide bonds. The largest absolute Gasteiger partial charge is 0.478 e. The summed E-state index contributed by atoms with van der Waals surface area (Å²) >= 11 is 17.7. The fraction of sp³-hybridized carbons (Fsp3) is 0.191. The normalized spacial score (nSPS) is 10.7. The average Bonchev–Trinajstić information content (AvgIpc) is 1.68. The summed E-state index contributed by atoms with van der Waals surface area (Å²) in [6.45, 7) is 9.83. The van der Waals surface area contributed by atoms with Gasteiger partial charge in [-0.1, -0.05) is 104 Å². The summed E-state index contributed by atoms with van der Waals surface area (Å²) in [5.74, 6) is -1.75. The Hall–Kier alpha value is -15.6. The number of benzene rings is 5. The molecule has 0 saturated heterocycles. The van der Waals surface area contributed by atoms with E-state index in [9.17, 15) is 48.1 Å². The monoisotopic (exact) mass is 1840 g/mol. The highest BCUT2D eigenvalue weighted by molar-refractivity contribution is 6.31. The molecule has 672 valence electrons. The van der Waals surface area contributed by atoms with Crippen LogP contribution in [0.25, 0.3) is 29.1 Å². The van der Waals surface area contributed by atoms with E-state index in [1.54, 1.807) is 74.2 Å². The molecule has 5 N–H and O–H groups in total. The van der Waals surface area contributed by atoms with E-state index < -0.39 is 35.7 Å². The molecule has 0 aliphatic carbocycles. The van der Waals surface area contributed by atoms with Gasteiger partial charge in [0.05, 0.1) is 70.4 Å². The molecule has 0 radical (unpaired) electrons. The zero-order valence-corrected chi connectivity index (χ0v) is 73.6. The number of hydrogen-bond acceptors (Lipinski definition) is 22. The van der Waals surface area contributed by atoms with E-state index >= 15 is 0 Å². The first-order chi connectivity index (χ1) is 63.1. The van der Waals surface area contributed by atoms with Gasteiger partial charge in [0.2, 0.25) is 29.4 Å². The van der Waals surface area contributed by atoms with Crippen LogP contribution in [-0.2, 0) is 52.3 Å². The third-order valence-corrected chi connectivity index (χ3v) is 20.0. The smallest absolute Gasteiger partial charge is 0.335 e. The maximum atomic E-state index is 14.0. The molecule has 0 saturated carbocycles. The van der Waals surface area contributed by atoms with Crippen LogP contribution in [0, 0.1) is 36.8 Å². The quantitative estimate of drug-likeness (QED) is 0.0255. The second-order valence-electron chi connectivity index (χ2n) is 29.0. The van der Waals surface area contributed by atoms with Gasteiger partial charge in [-0.25, -0.2) is 57.7 Å². The van der Waals surface area contributed by atoms with Crippen molar-refractivity contribution in [3.63, 3.8) is 0 Å². The number of aromatic carboxylic acids is 5. The Morgan fingerprint density at radius 1 is 0.389 bits per heavy atom. The van der Waals surface area contributed by atoms with Crippen LogP contribution in [0.4, 0.5) is 8.78 Å². The number of unbranched alkanes of at least 4 members (excludes halogenated alkanes) is 1. The van der Waals surface area contributed by atoms with Crippen molar-refractivity contribution in [2.75, 3.05) is 20.6 Å². The minimum atomic E-state index is -1.07. The molecule has 0 aliphatic heterocycles. The van der Waals surface area contributed by atoms with Gasteiger partial charge in [-0.15, -0.1) is 0 Å². The van der Waals surface area contributed by atoms with E-state index in [0.29, 0.717) is 104 Å². The summed E-state index contributed by atoms with van der Waals surface area (Å²) in [4.78, 5) is 78.9. The van der Waals surface area contributed by atoms with E-state index in [0.717, 1.165) is 89.6 Å². The summed E-state index contributed by atoms with van der Waals surface area (Å²) in [5, 5.41) is 77.7.